The average Bonchev–Trinajstić information content (AvgIpc) is 2.76. The molecule has 0 atom stereocenters. The van der Waals surface area contributed by atoms with E-state index in [9.17, 15) is 14.7 Å². The van der Waals surface area contributed by atoms with Gasteiger partial charge in [0.25, 0.3) is 0 Å². The van der Waals surface area contributed by atoms with Crippen LogP contribution in [0.4, 0.5) is 0 Å². The molecular weight excluding hydrogens is 352 g/mol. The third-order valence-corrected chi connectivity index (χ3v) is 3.92. The number of nitrogens with one attached hydrogen (secondary N) is 1. The maximum atomic E-state index is 12.2. The molecular formula is C23H18N2O3. The van der Waals surface area contributed by atoms with Crippen LogP contribution in [0.15, 0.2) is 102 Å². The SMILES string of the molecule is O=C(/C=C(\O)c1ccccc1)C(=O)NN=C(c1ccccc1)c1ccccc1. The van der Waals surface area contributed by atoms with Crippen molar-refractivity contribution in [1.29, 1.82) is 0 Å². The van der Waals surface area contributed by atoms with Crippen LogP contribution in [0, 0.1) is 0 Å². The van der Waals surface area contributed by atoms with E-state index in [2.05, 4.69) is 10.5 Å². The second-order valence-corrected chi connectivity index (χ2v) is 5.89. The summed E-state index contributed by atoms with van der Waals surface area (Å²) in [5.41, 5.74) is 4.84. The Morgan fingerprint density at radius 3 is 1.61 bits per heavy atom. The molecule has 0 aliphatic carbocycles. The number of ketones is 1. The van der Waals surface area contributed by atoms with Gasteiger partial charge in [0.05, 0.1) is 5.71 Å². The number of carbonyl (C=O) groups is 2. The summed E-state index contributed by atoms with van der Waals surface area (Å²) in [6.07, 6.45) is 0.880. The number of aliphatic hydroxyl groups is 1. The highest BCUT2D eigenvalue weighted by atomic mass is 16.3. The van der Waals surface area contributed by atoms with Crippen LogP contribution in [-0.4, -0.2) is 22.5 Å². The quantitative estimate of drug-likeness (QED) is 0.228. The van der Waals surface area contributed by atoms with Crippen LogP contribution < -0.4 is 5.43 Å². The van der Waals surface area contributed by atoms with Crippen molar-refractivity contribution >= 4 is 23.2 Å². The van der Waals surface area contributed by atoms with E-state index in [0.29, 0.717) is 11.3 Å². The third kappa shape index (κ3) is 4.80. The minimum Gasteiger partial charge on any atom is -0.507 e. The molecule has 0 aromatic heterocycles. The molecule has 3 rings (SSSR count). The fourth-order valence-corrected chi connectivity index (χ4v) is 2.53. The second kappa shape index (κ2) is 9.09. The summed E-state index contributed by atoms with van der Waals surface area (Å²) in [6, 6.07) is 27.2. The first kappa shape index (κ1) is 18.8. The first-order valence-corrected chi connectivity index (χ1v) is 8.64. The molecule has 138 valence electrons. The van der Waals surface area contributed by atoms with Crippen molar-refractivity contribution < 1.29 is 14.7 Å². The van der Waals surface area contributed by atoms with E-state index in [1.807, 2.05) is 60.7 Å². The lowest BCUT2D eigenvalue weighted by Crippen LogP contribution is -2.27. The van der Waals surface area contributed by atoms with E-state index >= 15 is 0 Å². The predicted octanol–water partition coefficient (Wildman–Crippen LogP) is 3.72. The van der Waals surface area contributed by atoms with E-state index in [-0.39, 0.29) is 5.76 Å². The number of rotatable bonds is 6. The number of hydrazone groups is 1. The van der Waals surface area contributed by atoms with E-state index < -0.39 is 11.7 Å². The van der Waals surface area contributed by atoms with Crippen molar-refractivity contribution in [2.45, 2.75) is 0 Å². The van der Waals surface area contributed by atoms with Crippen LogP contribution in [0.3, 0.4) is 0 Å². The lowest BCUT2D eigenvalue weighted by molar-refractivity contribution is -0.135. The molecule has 5 nitrogen and oxygen atoms in total. The molecule has 3 aromatic carbocycles. The molecule has 0 saturated carbocycles. The Balaban J connectivity index is 1.81. The molecule has 0 aliphatic rings. The Morgan fingerprint density at radius 2 is 1.14 bits per heavy atom. The summed E-state index contributed by atoms with van der Waals surface area (Å²) < 4.78 is 0. The summed E-state index contributed by atoms with van der Waals surface area (Å²) in [4.78, 5) is 24.2. The van der Waals surface area contributed by atoms with E-state index in [1.165, 1.54) is 0 Å². The highest BCUT2D eigenvalue weighted by Gasteiger charge is 2.14. The molecule has 0 aliphatic heterocycles. The first-order valence-electron chi connectivity index (χ1n) is 8.64. The van der Waals surface area contributed by atoms with Crippen LogP contribution in [0.2, 0.25) is 0 Å². The molecule has 0 bridgehead atoms. The molecule has 3 aromatic rings. The van der Waals surface area contributed by atoms with Crippen LogP contribution in [0.1, 0.15) is 16.7 Å². The van der Waals surface area contributed by atoms with Gasteiger partial charge >= 0.3 is 5.91 Å². The first-order chi connectivity index (χ1) is 13.6. The Bertz CT molecular complexity index is 970. The predicted molar refractivity (Wildman–Crippen MR) is 109 cm³/mol. The van der Waals surface area contributed by atoms with Gasteiger partial charge in [-0.3, -0.25) is 9.59 Å². The Hall–Kier alpha value is -3.99. The van der Waals surface area contributed by atoms with Crippen LogP contribution in [0.5, 0.6) is 0 Å². The summed E-state index contributed by atoms with van der Waals surface area (Å²) >= 11 is 0. The van der Waals surface area contributed by atoms with Crippen molar-refractivity contribution in [1.82, 2.24) is 5.43 Å². The average molecular weight is 370 g/mol. The van der Waals surface area contributed by atoms with Gasteiger partial charge in [-0.25, -0.2) is 5.43 Å². The van der Waals surface area contributed by atoms with Gasteiger partial charge in [0, 0.05) is 22.8 Å². The number of amides is 1. The molecule has 5 heteroatoms. The van der Waals surface area contributed by atoms with Crippen LogP contribution in [-0.2, 0) is 9.59 Å². The molecule has 1 amide bonds. The summed E-state index contributed by atoms with van der Waals surface area (Å²) in [7, 11) is 0. The summed E-state index contributed by atoms with van der Waals surface area (Å²) in [5, 5.41) is 14.1. The maximum Gasteiger partial charge on any atom is 0.311 e. The lowest BCUT2D eigenvalue weighted by atomic mass is 10.0. The van der Waals surface area contributed by atoms with Gasteiger partial charge in [-0.05, 0) is 0 Å². The van der Waals surface area contributed by atoms with Crippen molar-refractivity contribution in [2.75, 3.05) is 0 Å². The normalized spacial score (nSPS) is 10.8. The zero-order chi connectivity index (χ0) is 19.8. The van der Waals surface area contributed by atoms with Gasteiger partial charge in [0.2, 0.25) is 5.78 Å². The molecule has 0 spiro atoms. The van der Waals surface area contributed by atoms with Crippen LogP contribution >= 0.6 is 0 Å². The fraction of sp³-hybridized carbons (Fsp3) is 0. The monoisotopic (exact) mass is 370 g/mol. The second-order valence-electron chi connectivity index (χ2n) is 5.89. The smallest absolute Gasteiger partial charge is 0.311 e. The Morgan fingerprint density at radius 1 is 0.714 bits per heavy atom. The van der Waals surface area contributed by atoms with Crippen molar-refractivity contribution in [3.8, 4) is 0 Å². The zero-order valence-electron chi connectivity index (χ0n) is 14.9. The minimum absolute atomic E-state index is 0.281. The maximum absolute atomic E-state index is 12.2. The number of benzene rings is 3. The number of hydrogen-bond acceptors (Lipinski definition) is 4. The highest BCUT2D eigenvalue weighted by molar-refractivity contribution is 6.41. The Labute approximate surface area is 162 Å². The lowest BCUT2D eigenvalue weighted by Gasteiger charge is -2.07. The largest absolute Gasteiger partial charge is 0.507 e. The van der Waals surface area contributed by atoms with Gasteiger partial charge in [-0.1, -0.05) is 91.0 Å². The number of hydrogen-bond donors (Lipinski definition) is 2. The van der Waals surface area contributed by atoms with E-state index in [4.69, 9.17) is 0 Å². The number of nitrogens with zero attached hydrogens (tertiary/aromatic N) is 1. The minimum atomic E-state index is -0.938. The summed E-state index contributed by atoms with van der Waals surface area (Å²) in [5.74, 6) is -2.12. The Kier molecular flexibility index (Phi) is 6.10. The van der Waals surface area contributed by atoms with Crippen LogP contribution in [0.25, 0.3) is 5.76 Å². The molecule has 0 radical (unpaired) electrons. The topological polar surface area (TPSA) is 78.8 Å². The standard InChI is InChI=1S/C23H18N2O3/c26-20(17-10-4-1-5-11-17)16-21(27)23(28)25-24-22(18-12-6-2-7-13-18)19-14-8-3-9-15-19/h1-16,26H,(H,25,28)/b20-16-. The van der Waals surface area contributed by atoms with Gasteiger partial charge in [0.1, 0.15) is 5.76 Å². The molecule has 0 saturated heterocycles. The van der Waals surface area contributed by atoms with Gasteiger partial charge in [-0.15, -0.1) is 0 Å². The van der Waals surface area contributed by atoms with Gasteiger partial charge < -0.3 is 5.11 Å². The molecule has 0 unspecified atom stereocenters. The zero-order valence-corrected chi connectivity index (χ0v) is 14.9. The fourth-order valence-electron chi connectivity index (χ4n) is 2.53. The van der Waals surface area contributed by atoms with E-state index in [0.717, 1.165) is 17.2 Å². The van der Waals surface area contributed by atoms with Crippen molar-refractivity contribution in [3.63, 3.8) is 0 Å². The van der Waals surface area contributed by atoms with Crippen molar-refractivity contribution in [2.24, 2.45) is 5.10 Å². The van der Waals surface area contributed by atoms with Crippen molar-refractivity contribution in [3.05, 3.63) is 114 Å². The van der Waals surface area contributed by atoms with Gasteiger partial charge in [-0.2, -0.15) is 5.10 Å². The number of carbonyl (C=O) groups excluding carboxylic acids is 2. The highest BCUT2D eigenvalue weighted by Crippen LogP contribution is 2.11. The number of aliphatic hydroxyl groups excluding tert-OH is 1. The molecule has 0 heterocycles. The van der Waals surface area contributed by atoms with E-state index in [1.54, 1.807) is 30.3 Å². The third-order valence-electron chi connectivity index (χ3n) is 3.92. The molecule has 2 N–H and O–H groups in total. The molecule has 28 heavy (non-hydrogen) atoms. The molecule has 0 fully saturated rings. The summed E-state index contributed by atoms with van der Waals surface area (Å²) in [6.45, 7) is 0. The van der Waals surface area contributed by atoms with Gasteiger partial charge in [0.15, 0.2) is 0 Å².